The molecule has 1 spiro atoms. The van der Waals surface area contributed by atoms with Gasteiger partial charge in [-0.15, -0.1) is 0 Å². The molecule has 3 saturated heterocycles. The van der Waals surface area contributed by atoms with Crippen molar-refractivity contribution in [3.05, 3.63) is 0 Å². The van der Waals surface area contributed by atoms with Crippen molar-refractivity contribution in [2.45, 2.75) is 12.0 Å². The first kappa shape index (κ1) is 17.5. The van der Waals surface area contributed by atoms with E-state index in [2.05, 4.69) is 5.32 Å². The van der Waals surface area contributed by atoms with Crippen LogP contribution in [0.2, 0.25) is 0 Å². The SMILES string of the molecule is CS(=O)(=O)N1CCN(C(=O)CN2C(=O)N[C@]3(CCSC3)C2=O)CC1. The third-order valence-corrected chi connectivity index (χ3v) is 7.11. The molecule has 0 saturated carbocycles. The molecule has 0 aromatic rings. The van der Waals surface area contributed by atoms with Gasteiger partial charge in [0.1, 0.15) is 12.1 Å². The second kappa shape index (κ2) is 6.19. The van der Waals surface area contributed by atoms with Gasteiger partial charge in [-0.05, 0) is 12.2 Å². The lowest BCUT2D eigenvalue weighted by molar-refractivity contribution is -0.139. The Morgan fingerprint density at radius 3 is 2.46 bits per heavy atom. The monoisotopic (exact) mass is 376 g/mol. The molecular formula is C13H20N4O5S2. The quantitative estimate of drug-likeness (QED) is 0.602. The fourth-order valence-electron chi connectivity index (χ4n) is 3.16. The minimum Gasteiger partial charge on any atom is -0.338 e. The molecule has 4 amide bonds. The van der Waals surface area contributed by atoms with E-state index in [4.69, 9.17) is 0 Å². The Kier molecular flexibility index (Phi) is 4.51. The topological polar surface area (TPSA) is 107 Å². The zero-order valence-electron chi connectivity index (χ0n) is 13.4. The molecule has 0 aliphatic carbocycles. The summed E-state index contributed by atoms with van der Waals surface area (Å²) in [5.74, 6) is 0.672. The average molecular weight is 376 g/mol. The van der Waals surface area contributed by atoms with E-state index in [1.807, 2.05) is 0 Å². The molecule has 3 fully saturated rings. The minimum absolute atomic E-state index is 0.227. The molecule has 3 heterocycles. The highest BCUT2D eigenvalue weighted by Crippen LogP contribution is 2.33. The molecule has 11 heteroatoms. The molecule has 24 heavy (non-hydrogen) atoms. The third kappa shape index (κ3) is 3.11. The van der Waals surface area contributed by atoms with Crippen LogP contribution in [0, 0.1) is 0 Å². The van der Waals surface area contributed by atoms with Crippen molar-refractivity contribution in [2.24, 2.45) is 0 Å². The van der Waals surface area contributed by atoms with E-state index in [-0.39, 0.29) is 44.5 Å². The average Bonchev–Trinajstić information content (AvgIpc) is 3.08. The maximum Gasteiger partial charge on any atom is 0.325 e. The van der Waals surface area contributed by atoms with E-state index in [0.717, 1.165) is 16.9 Å². The number of hydrogen-bond donors (Lipinski definition) is 1. The Morgan fingerprint density at radius 1 is 1.25 bits per heavy atom. The van der Waals surface area contributed by atoms with Crippen molar-refractivity contribution < 1.29 is 22.8 Å². The molecule has 3 aliphatic heterocycles. The summed E-state index contributed by atoms with van der Waals surface area (Å²) in [4.78, 5) is 39.5. The van der Waals surface area contributed by atoms with Gasteiger partial charge in [0.2, 0.25) is 15.9 Å². The van der Waals surface area contributed by atoms with Crippen LogP contribution >= 0.6 is 11.8 Å². The molecular weight excluding hydrogens is 356 g/mol. The minimum atomic E-state index is -3.27. The number of hydrogen-bond acceptors (Lipinski definition) is 6. The Balaban J connectivity index is 1.60. The van der Waals surface area contributed by atoms with Gasteiger partial charge in [-0.3, -0.25) is 14.5 Å². The van der Waals surface area contributed by atoms with E-state index in [1.54, 1.807) is 11.8 Å². The normalized spacial score (nSPS) is 28.7. The summed E-state index contributed by atoms with van der Waals surface area (Å²) in [6, 6.07) is -0.523. The van der Waals surface area contributed by atoms with Crippen LogP contribution in [0.4, 0.5) is 4.79 Å². The summed E-state index contributed by atoms with van der Waals surface area (Å²) in [6.07, 6.45) is 1.72. The smallest absolute Gasteiger partial charge is 0.325 e. The predicted octanol–water partition coefficient (Wildman–Crippen LogP) is -1.48. The molecule has 9 nitrogen and oxygen atoms in total. The number of nitrogens with one attached hydrogen (secondary N) is 1. The highest BCUT2D eigenvalue weighted by atomic mass is 32.2. The first-order chi connectivity index (χ1) is 11.2. The van der Waals surface area contributed by atoms with Crippen LogP contribution < -0.4 is 5.32 Å². The van der Waals surface area contributed by atoms with E-state index < -0.39 is 21.6 Å². The molecule has 0 aromatic heterocycles. The number of imide groups is 1. The van der Waals surface area contributed by atoms with Gasteiger partial charge in [0.15, 0.2) is 0 Å². The molecule has 0 aromatic carbocycles. The third-order valence-electron chi connectivity index (χ3n) is 4.62. The Morgan fingerprint density at radius 2 is 1.92 bits per heavy atom. The van der Waals surface area contributed by atoms with Gasteiger partial charge in [0, 0.05) is 31.9 Å². The van der Waals surface area contributed by atoms with Crippen LogP contribution in [0.5, 0.6) is 0 Å². The Labute approximate surface area is 144 Å². The van der Waals surface area contributed by atoms with Gasteiger partial charge in [-0.1, -0.05) is 0 Å². The van der Waals surface area contributed by atoms with Gasteiger partial charge in [-0.25, -0.2) is 13.2 Å². The van der Waals surface area contributed by atoms with Gasteiger partial charge >= 0.3 is 6.03 Å². The largest absolute Gasteiger partial charge is 0.338 e. The first-order valence-corrected chi connectivity index (χ1v) is 10.7. The lowest BCUT2D eigenvalue weighted by Gasteiger charge is -2.33. The number of piperazine rings is 1. The van der Waals surface area contributed by atoms with Crippen LogP contribution in [0.15, 0.2) is 0 Å². The summed E-state index contributed by atoms with van der Waals surface area (Å²) < 4.78 is 24.3. The summed E-state index contributed by atoms with van der Waals surface area (Å²) >= 11 is 1.61. The van der Waals surface area contributed by atoms with E-state index >= 15 is 0 Å². The van der Waals surface area contributed by atoms with Crippen molar-refractivity contribution in [2.75, 3.05) is 50.5 Å². The Bertz CT molecular complexity index is 666. The molecule has 3 rings (SSSR count). The second-order valence-corrected chi connectivity index (χ2v) is 9.34. The van der Waals surface area contributed by atoms with Gasteiger partial charge in [0.05, 0.1) is 6.26 Å². The van der Waals surface area contributed by atoms with Crippen molar-refractivity contribution in [3.8, 4) is 0 Å². The van der Waals surface area contributed by atoms with Crippen molar-refractivity contribution in [1.82, 2.24) is 19.4 Å². The molecule has 0 unspecified atom stereocenters. The predicted molar refractivity (Wildman–Crippen MR) is 87.9 cm³/mol. The highest BCUT2D eigenvalue weighted by Gasteiger charge is 2.53. The van der Waals surface area contributed by atoms with Gasteiger partial charge in [0.25, 0.3) is 5.91 Å². The fourth-order valence-corrected chi connectivity index (χ4v) is 5.31. The number of thioether (sulfide) groups is 1. The number of sulfonamides is 1. The van der Waals surface area contributed by atoms with E-state index in [1.165, 1.54) is 9.21 Å². The highest BCUT2D eigenvalue weighted by molar-refractivity contribution is 7.99. The van der Waals surface area contributed by atoms with Crippen LogP contribution in [-0.4, -0.2) is 96.4 Å². The van der Waals surface area contributed by atoms with Crippen LogP contribution in [0.3, 0.4) is 0 Å². The van der Waals surface area contributed by atoms with Crippen molar-refractivity contribution >= 4 is 39.6 Å². The van der Waals surface area contributed by atoms with Gasteiger partial charge < -0.3 is 10.2 Å². The summed E-state index contributed by atoms with van der Waals surface area (Å²) in [6.45, 7) is 0.680. The summed E-state index contributed by atoms with van der Waals surface area (Å²) in [5, 5.41) is 2.72. The summed E-state index contributed by atoms with van der Waals surface area (Å²) in [7, 11) is -3.27. The molecule has 0 radical (unpaired) electrons. The fraction of sp³-hybridized carbons (Fsp3) is 0.769. The van der Waals surface area contributed by atoms with E-state index in [9.17, 15) is 22.8 Å². The zero-order chi connectivity index (χ0) is 17.5. The maximum atomic E-state index is 12.5. The Hall–Kier alpha value is -1.33. The molecule has 134 valence electrons. The maximum absolute atomic E-state index is 12.5. The molecule has 1 N–H and O–H groups in total. The number of carbonyl (C=O) groups excluding carboxylic acids is 3. The lowest BCUT2D eigenvalue weighted by atomic mass is 9.99. The van der Waals surface area contributed by atoms with Crippen molar-refractivity contribution in [3.63, 3.8) is 0 Å². The lowest BCUT2D eigenvalue weighted by Crippen LogP contribution is -2.53. The van der Waals surface area contributed by atoms with Crippen molar-refractivity contribution in [1.29, 1.82) is 0 Å². The number of nitrogens with zero attached hydrogens (tertiary/aromatic N) is 3. The number of carbonyl (C=O) groups is 3. The van der Waals surface area contributed by atoms with Crippen LogP contribution in [0.1, 0.15) is 6.42 Å². The zero-order valence-corrected chi connectivity index (χ0v) is 15.0. The van der Waals surface area contributed by atoms with E-state index in [0.29, 0.717) is 12.2 Å². The molecule has 3 aliphatic rings. The molecule has 0 bridgehead atoms. The number of amides is 4. The van der Waals surface area contributed by atoms with Crippen LogP contribution in [-0.2, 0) is 19.6 Å². The standard InChI is InChI=1S/C13H20N4O5S2/c1-24(21,22)16-5-3-15(4-6-16)10(18)8-17-11(19)13(14-12(17)20)2-7-23-9-13/h2-9H2,1H3,(H,14,20)/t13-/m0/s1. The van der Waals surface area contributed by atoms with Gasteiger partial charge in [-0.2, -0.15) is 16.1 Å². The first-order valence-electron chi connectivity index (χ1n) is 7.68. The van der Waals surface area contributed by atoms with Crippen LogP contribution in [0.25, 0.3) is 0 Å². The number of rotatable bonds is 3. The second-order valence-electron chi connectivity index (χ2n) is 6.25. The number of urea groups is 1. The molecule has 1 atom stereocenters. The summed E-state index contributed by atoms with van der Waals surface area (Å²) in [5.41, 5.74) is -0.850.